The average molecular weight is 292 g/mol. The summed E-state index contributed by atoms with van der Waals surface area (Å²) in [5.74, 6) is 0. The molecular weight excluding hydrogens is 268 g/mol. The summed E-state index contributed by atoms with van der Waals surface area (Å²) in [5, 5.41) is 0. The molecule has 114 valence electrons. The maximum Gasteiger partial charge on any atom is 0.0607 e. The van der Waals surface area contributed by atoms with E-state index in [0.29, 0.717) is 12.1 Å². The van der Waals surface area contributed by atoms with Gasteiger partial charge in [-0.05, 0) is 43.1 Å². The quantitative estimate of drug-likeness (QED) is 0.795. The van der Waals surface area contributed by atoms with Gasteiger partial charge in [0.05, 0.1) is 6.04 Å². The number of fused-ring (bicyclic) bond motifs is 2. The van der Waals surface area contributed by atoms with Crippen LogP contribution in [0.5, 0.6) is 0 Å². The molecule has 0 aliphatic carbocycles. The van der Waals surface area contributed by atoms with Gasteiger partial charge in [0.2, 0.25) is 0 Å². The Morgan fingerprint density at radius 1 is 0.864 bits per heavy atom. The van der Waals surface area contributed by atoms with Crippen molar-refractivity contribution in [2.45, 2.75) is 24.9 Å². The lowest BCUT2D eigenvalue weighted by atomic mass is 9.84. The van der Waals surface area contributed by atoms with Gasteiger partial charge < -0.3 is 4.90 Å². The fourth-order valence-corrected chi connectivity index (χ4v) is 4.10. The molecule has 2 unspecified atom stereocenters. The van der Waals surface area contributed by atoms with Gasteiger partial charge in [-0.3, -0.25) is 4.90 Å². The van der Waals surface area contributed by atoms with E-state index in [2.05, 4.69) is 71.4 Å². The molecule has 1 fully saturated rings. The van der Waals surface area contributed by atoms with Gasteiger partial charge in [0.25, 0.3) is 0 Å². The van der Waals surface area contributed by atoms with Crippen LogP contribution in [0.1, 0.15) is 29.2 Å². The molecular formula is C20H24N2. The highest BCUT2D eigenvalue weighted by Crippen LogP contribution is 2.39. The number of benzene rings is 2. The summed E-state index contributed by atoms with van der Waals surface area (Å²) in [6.45, 7) is 3.54. The number of rotatable bonds is 1. The maximum atomic E-state index is 2.75. The van der Waals surface area contributed by atoms with Crippen LogP contribution in [0, 0.1) is 0 Å². The first-order valence-corrected chi connectivity index (χ1v) is 8.40. The predicted octanol–water partition coefficient (Wildman–Crippen LogP) is 3.34. The molecule has 0 bridgehead atoms. The van der Waals surface area contributed by atoms with Crippen LogP contribution in [0.15, 0.2) is 54.6 Å². The number of hydrogen-bond donors (Lipinski definition) is 0. The zero-order chi connectivity index (χ0) is 14.9. The summed E-state index contributed by atoms with van der Waals surface area (Å²) >= 11 is 0. The standard InChI is InChI=1S/C20H24N2/c1-21-12-11-18-15-17-9-5-6-10-19(17)20(22(18)14-13-21)16-7-3-2-4-8-16/h2-10,18,20H,11-15H2,1H3. The Bertz CT molecular complexity index is 637. The molecule has 2 aliphatic rings. The Kier molecular flexibility index (Phi) is 3.73. The minimum Gasteiger partial charge on any atom is -0.305 e. The van der Waals surface area contributed by atoms with Gasteiger partial charge in [0.15, 0.2) is 0 Å². The monoisotopic (exact) mass is 292 g/mol. The predicted molar refractivity (Wildman–Crippen MR) is 91.0 cm³/mol. The first-order chi connectivity index (χ1) is 10.8. The van der Waals surface area contributed by atoms with Crippen LogP contribution in [0.2, 0.25) is 0 Å². The van der Waals surface area contributed by atoms with Crippen molar-refractivity contribution in [1.82, 2.24) is 9.80 Å². The van der Waals surface area contributed by atoms with Crippen molar-refractivity contribution in [3.63, 3.8) is 0 Å². The van der Waals surface area contributed by atoms with Gasteiger partial charge in [-0.2, -0.15) is 0 Å². The molecule has 0 amide bonds. The molecule has 2 aromatic rings. The summed E-state index contributed by atoms with van der Waals surface area (Å²) in [7, 11) is 2.25. The first-order valence-electron chi connectivity index (χ1n) is 8.40. The second-order valence-electron chi connectivity index (χ2n) is 6.70. The Hall–Kier alpha value is -1.64. The molecule has 2 heterocycles. The zero-order valence-electron chi connectivity index (χ0n) is 13.3. The summed E-state index contributed by atoms with van der Waals surface area (Å²) in [6, 6.07) is 21.2. The Morgan fingerprint density at radius 3 is 2.50 bits per heavy atom. The van der Waals surface area contributed by atoms with Gasteiger partial charge in [0, 0.05) is 19.1 Å². The van der Waals surface area contributed by atoms with Crippen molar-refractivity contribution in [2.75, 3.05) is 26.7 Å². The number of likely N-dealkylation sites (N-methyl/N-ethyl adjacent to an activating group) is 1. The molecule has 0 spiro atoms. The van der Waals surface area contributed by atoms with E-state index in [9.17, 15) is 0 Å². The first kappa shape index (κ1) is 14.0. The summed E-state index contributed by atoms with van der Waals surface area (Å²) in [4.78, 5) is 5.23. The lowest BCUT2D eigenvalue weighted by Gasteiger charge is -2.42. The van der Waals surface area contributed by atoms with E-state index in [1.54, 1.807) is 5.56 Å². The molecule has 22 heavy (non-hydrogen) atoms. The van der Waals surface area contributed by atoms with Gasteiger partial charge in [-0.1, -0.05) is 54.6 Å². The van der Waals surface area contributed by atoms with Crippen molar-refractivity contribution < 1.29 is 0 Å². The Labute approximate surface area is 133 Å². The van der Waals surface area contributed by atoms with Gasteiger partial charge >= 0.3 is 0 Å². The highest BCUT2D eigenvalue weighted by molar-refractivity contribution is 5.40. The third kappa shape index (κ3) is 2.47. The molecule has 0 radical (unpaired) electrons. The van der Waals surface area contributed by atoms with Crippen LogP contribution < -0.4 is 0 Å². The molecule has 2 atom stereocenters. The van der Waals surface area contributed by atoms with Crippen molar-refractivity contribution in [1.29, 1.82) is 0 Å². The van der Waals surface area contributed by atoms with E-state index < -0.39 is 0 Å². The Balaban J connectivity index is 1.80. The van der Waals surface area contributed by atoms with E-state index in [-0.39, 0.29) is 0 Å². The maximum absolute atomic E-state index is 2.75. The van der Waals surface area contributed by atoms with Gasteiger partial charge in [-0.15, -0.1) is 0 Å². The lowest BCUT2D eigenvalue weighted by molar-refractivity contribution is 0.146. The van der Waals surface area contributed by atoms with Crippen molar-refractivity contribution >= 4 is 0 Å². The average Bonchev–Trinajstić information content (AvgIpc) is 2.75. The second kappa shape index (κ2) is 5.86. The second-order valence-corrected chi connectivity index (χ2v) is 6.70. The van der Waals surface area contributed by atoms with E-state index in [1.807, 2.05) is 0 Å². The van der Waals surface area contributed by atoms with Crippen LogP contribution >= 0.6 is 0 Å². The molecule has 4 rings (SSSR count). The molecule has 1 saturated heterocycles. The number of hydrogen-bond acceptors (Lipinski definition) is 2. The summed E-state index contributed by atoms with van der Waals surface area (Å²) in [6.07, 6.45) is 2.47. The van der Waals surface area contributed by atoms with E-state index in [0.717, 1.165) is 6.54 Å². The molecule has 0 aromatic heterocycles. The molecule has 2 aromatic carbocycles. The van der Waals surface area contributed by atoms with Crippen LogP contribution in [0.4, 0.5) is 0 Å². The minimum absolute atomic E-state index is 0.419. The fraction of sp³-hybridized carbons (Fsp3) is 0.400. The van der Waals surface area contributed by atoms with E-state index >= 15 is 0 Å². The van der Waals surface area contributed by atoms with Crippen LogP contribution in [0.3, 0.4) is 0 Å². The minimum atomic E-state index is 0.419. The van der Waals surface area contributed by atoms with Gasteiger partial charge in [-0.25, -0.2) is 0 Å². The highest BCUT2D eigenvalue weighted by atomic mass is 15.2. The Morgan fingerprint density at radius 2 is 1.64 bits per heavy atom. The largest absolute Gasteiger partial charge is 0.305 e. The van der Waals surface area contributed by atoms with Crippen molar-refractivity contribution in [3.8, 4) is 0 Å². The topological polar surface area (TPSA) is 6.48 Å². The number of nitrogens with zero attached hydrogens (tertiary/aromatic N) is 2. The van der Waals surface area contributed by atoms with Crippen LogP contribution in [-0.4, -0.2) is 42.5 Å². The van der Waals surface area contributed by atoms with E-state index in [1.165, 1.54) is 37.1 Å². The normalized spacial score (nSPS) is 26.0. The molecule has 2 nitrogen and oxygen atoms in total. The van der Waals surface area contributed by atoms with Gasteiger partial charge in [0.1, 0.15) is 0 Å². The van der Waals surface area contributed by atoms with E-state index in [4.69, 9.17) is 0 Å². The SMILES string of the molecule is CN1CCC2Cc3ccccc3C(c3ccccc3)N2CC1. The molecule has 0 N–H and O–H groups in total. The van der Waals surface area contributed by atoms with Crippen LogP contribution in [0.25, 0.3) is 0 Å². The lowest BCUT2D eigenvalue weighted by Crippen LogP contribution is -2.44. The third-order valence-corrected chi connectivity index (χ3v) is 5.31. The third-order valence-electron chi connectivity index (χ3n) is 5.31. The summed E-state index contributed by atoms with van der Waals surface area (Å²) < 4.78 is 0. The summed E-state index contributed by atoms with van der Waals surface area (Å²) in [5.41, 5.74) is 4.49. The smallest absolute Gasteiger partial charge is 0.0607 e. The molecule has 0 saturated carbocycles. The zero-order valence-corrected chi connectivity index (χ0v) is 13.3. The highest BCUT2D eigenvalue weighted by Gasteiger charge is 2.35. The fourth-order valence-electron chi connectivity index (χ4n) is 4.10. The molecule has 2 heteroatoms. The molecule has 2 aliphatic heterocycles. The van der Waals surface area contributed by atoms with Crippen LogP contribution in [-0.2, 0) is 6.42 Å². The van der Waals surface area contributed by atoms with Crippen molar-refractivity contribution in [3.05, 3.63) is 71.3 Å². The van der Waals surface area contributed by atoms with Crippen molar-refractivity contribution in [2.24, 2.45) is 0 Å².